The molecule has 1 heteroatoms. The zero-order valence-corrected chi connectivity index (χ0v) is 4.77. The van der Waals surface area contributed by atoms with Crippen LogP contribution in [0.2, 0.25) is 0 Å². The van der Waals surface area contributed by atoms with Gasteiger partial charge in [0.2, 0.25) is 0 Å². The minimum Gasteiger partial charge on any atom is -0.300 e. The molecule has 0 aromatic heterocycles. The van der Waals surface area contributed by atoms with Gasteiger partial charge in [0.05, 0.1) is 0 Å². The van der Waals surface area contributed by atoms with Crippen LogP contribution in [0.15, 0.2) is 0 Å². The van der Waals surface area contributed by atoms with E-state index < -0.39 is 50.5 Å². The van der Waals surface area contributed by atoms with Crippen LogP contribution in [0.4, 0.5) is 0 Å². The monoisotopic (exact) mass is 136 g/mol. The largest absolute Gasteiger partial charge is 0.300 e. The summed E-state index contributed by atoms with van der Waals surface area (Å²) < 4.78 is 74.0. The molecule has 1 nitrogen and oxygen atoms in total. The van der Waals surface area contributed by atoms with Gasteiger partial charge in [0.15, 0.2) is 0 Å². The third kappa shape index (κ3) is 1.81. The van der Waals surface area contributed by atoms with Crippen molar-refractivity contribution >= 4 is 5.78 Å². The molecule has 1 aliphatic rings. The van der Waals surface area contributed by atoms with Crippen LogP contribution in [0.3, 0.4) is 0 Å². The second kappa shape index (κ2) is 2.51. The minimum absolute atomic E-state index is 0.756. The van der Waals surface area contributed by atoms with E-state index in [4.69, 9.17) is 13.7 Å². The summed E-state index contributed by atoms with van der Waals surface area (Å²) in [6.45, 7) is -6.06. The molecule has 52 valence electrons. The predicted octanol–water partition coefficient (Wildman–Crippen LogP) is 2.01. The summed E-state index contributed by atoms with van der Waals surface area (Å²) in [6, 6.07) is 0. The zero-order chi connectivity index (χ0) is 15.4. The predicted molar refractivity (Wildman–Crippen MR) is 37.2 cm³/mol. The Morgan fingerprint density at radius 3 is 3.44 bits per heavy atom. The van der Waals surface area contributed by atoms with E-state index in [1.807, 2.05) is 0 Å². The Bertz CT molecular complexity index is 382. The summed E-state index contributed by atoms with van der Waals surface area (Å²) in [6.07, 6.45) is -5.87. The van der Waals surface area contributed by atoms with Crippen LogP contribution in [0.1, 0.15) is 46.6 Å². The van der Waals surface area contributed by atoms with Gasteiger partial charge in [0.1, 0.15) is 5.78 Å². The summed E-state index contributed by atoms with van der Waals surface area (Å²) in [5.74, 6) is -5.99. The van der Waals surface area contributed by atoms with Crippen molar-refractivity contribution in [2.75, 3.05) is 0 Å². The van der Waals surface area contributed by atoms with E-state index in [9.17, 15) is 4.79 Å². The van der Waals surface area contributed by atoms with Gasteiger partial charge in [0.25, 0.3) is 0 Å². The first-order valence-electron chi connectivity index (χ1n) is 7.70. The van der Waals surface area contributed by atoms with Gasteiger partial charge in [-0.3, -0.25) is 4.79 Å². The number of carbonyl (C=O) groups excluding carboxylic acids is 1. The second-order valence-corrected chi connectivity index (χ2v) is 1.94. The average molecular weight is 136 g/mol. The lowest BCUT2D eigenvalue weighted by Crippen LogP contribution is -2.18. The van der Waals surface area contributed by atoms with E-state index in [-0.39, 0.29) is 0 Å². The van der Waals surface area contributed by atoms with Crippen molar-refractivity contribution in [2.24, 2.45) is 11.8 Å². The van der Waals surface area contributed by atoms with Gasteiger partial charge in [-0.15, -0.1) is 0 Å². The smallest absolute Gasteiger partial charge is 0.133 e. The molecule has 0 spiro atoms. The maximum atomic E-state index is 11.7. The Morgan fingerprint density at radius 1 is 1.89 bits per heavy atom. The van der Waals surface area contributed by atoms with Crippen LogP contribution in [-0.2, 0) is 4.79 Å². The van der Waals surface area contributed by atoms with E-state index in [0.29, 0.717) is 0 Å². The van der Waals surface area contributed by atoms with E-state index in [2.05, 4.69) is 0 Å². The maximum Gasteiger partial charge on any atom is 0.133 e. The fraction of sp³-hybridized carbons (Fsp3) is 0.875. The number of rotatable bonds is 0. The molecule has 0 radical (unpaired) electrons. The second-order valence-electron chi connectivity index (χ2n) is 1.94. The number of ketones is 1. The number of hydrogen-bond acceptors (Lipinski definition) is 1. The van der Waals surface area contributed by atoms with Gasteiger partial charge < -0.3 is 0 Å². The number of carbonyl (C=O) groups is 1. The molecule has 0 aromatic rings. The van der Waals surface area contributed by atoms with Crippen molar-refractivity contribution in [3.05, 3.63) is 0 Å². The fourth-order valence-corrected chi connectivity index (χ4v) is 0.703. The van der Waals surface area contributed by atoms with Gasteiger partial charge in [-0.25, -0.2) is 0 Å². The Hall–Kier alpha value is -0.330. The fourth-order valence-electron chi connectivity index (χ4n) is 0.703. The molecular formula is C8H14O. The molecule has 9 heavy (non-hydrogen) atoms. The highest BCUT2D eigenvalue weighted by Gasteiger charge is 2.20. The normalized spacial score (nSPS) is 78.0. The van der Waals surface area contributed by atoms with Gasteiger partial charge in [-0.2, -0.15) is 0 Å². The van der Waals surface area contributed by atoms with E-state index in [1.165, 1.54) is 0 Å². The molecular weight excluding hydrogens is 112 g/mol. The molecule has 0 bridgehead atoms. The Labute approximate surface area is 70.5 Å². The summed E-state index contributed by atoms with van der Waals surface area (Å²) in [4.78, 5) is 11.7. The van der Waals surface area contributed by atoms with Crippen molar-refractivity contribution in [2.45, 2.75) is 32.9 Å². The van der Waals surface area contributed by atoms with Crippen molar-refractivity contribution in [1.82, 2.24) is 0 Å². The van der Waals surface area contributed by atoms with Gasteiger partial charge in [-0.1, -0.05) is 13.7 Å². The summed E-state index contributed by atoms with van der Waals surface area (Å²) in [7, 11) is 0. The van der Waals surface area contributed by atoms with Gasteiger partial charge in [0, 0.05) is 26.5 Å². The molecule has 0 aliphatic heterocycles. The van der Waals surface area contributed by atoms with Crippen molar-refractivity contribution < 1.29 is 18.5 Å². The number of Topliss-reactive ketones (excluding diaryl/α,β-unsaturated/α-hetero) is 1. The SMILES string of the molecule is [2H]C1C(C([2H])([2H])[2H])CC(=O)C([2H])([2H])C1([2H])C([2H])([2H])[2H]. The van der Waals surface area contributed by atoms with Gasteiger partial charge >= 0.3 is 0 Å². The van der Waals surface area contributed by atoms with Gasteiger partial charge in [-0.05, 0) is 18.2 Å². The van der Waals surface area contributed by atoms with E-state index in [1.54, 1.807) is 0 Å². The highest BCUT2D eigenvalue weighted by atomic mass is 16.1. The Morgan fingerprint density at radius 2 is 2.78 bits per heavy atom. The van der Waals surface area contributed by atoms with Crippen LogP contribution >= 0.6 is 0 Å². The standard InChI is InChI=1S/C8H14O/c1-6-3-7(2)5-8(9)4-6/h6-7H,3-5H2,1-2H3/i1D3,2D3,3D,4D2,6D. The summed E-state index contributed by atoms with van der Waals surface area (Å²) >= 11 is 0. The molecule has 1 rings (SSSR count). The Balaban J connectivity index is 3.43. The Kier molecular flexibility index (Phi) is 0.407. The van der Waals surface area contributed by atoms with Crippen LogP contribution in [0.25, 0.3) is 0 Å². The molecule has 1 saturated carbocycles. The first kappa shape index (κ1) is 1.46. The summed E-state index contributed by atoms with van der Waals surface area (Å²) in [5, 5.41) is 0. The lowest BCUT2D eigenvalue weighted by Gasteiger charge is -2.21. The van der Waals surface area contributed by atoms with Crippen LogP contribution in [0, 0.1) is 11.8 Å². The molecule has 0 aromatic carbocycles. The van der Waals surface area contributed by atoms with E-state index >= 15 is 0 Å². The third-order valence-corrected chi connectivity index (χ3v) is 1.05. The zero-order valence-electron chi connectivity index (χ0n) is 14.8. The lowest BCUT2D eigenvalue weighted by molar-refractivity contribution is -0.122. The first-order chi connectivity index (χ1) is 8.17. The van der Waals surface area contributed by atoms with Crippen molar-refractivity contribution in [3.8, 4) is 0 Å². The molecule has 0 N–H and O–H groups in total. The molecule has 1 fully saturated rings. The third-order valence-electron chi connectivity index (χ3n) is 1.05. The molecule has 1 aliphatic carbocycles. The highest BCUT2D eigenvalue weighted by Crippen LogP contribution is 2.25. The van der Waals surface area contributed by atoms with Crippen LogP contribution in [0.5, 0.6) is 0 Å². The minimum atomic E-state index is -3.28. The molecule has 3 atom stereocenters. The lowest BCUT2D eigenvalue weighted by atomic mass is 9.83. The molecule has 0 amide bonds. The summed E-state index contributed by atoms with van der Waals surface area (Å²) in [5.41, 5.74) is 0. The topological polar surface area (TPSA) is 17.1 Å². The first-order valence-corrected chi connectivity index (χ1v) is 2.63. The molecule has 0 saturated heterocycles. The van der Waals surface area contributed by atoms with Crippen molar-refractivity contribution in [3.63, 3.8) is 0 Å². The van der Waals surface area contributed by atoms with Crippen molar-refractivity contribution in [1.29, 1.82) is 0 Å². The average Bonchev–Trinajstić information content (AvgIpc) is 2.17. The quantitative estimate of drug-likeness (QED) is 0.498. The molecule has 0 heterocycles. The van der Waals surface area contributed by atoms with E-state index in [0.717, 1.165) is 0 Å². The molecule has 3 unspecified atom stereocenters. The van der Waals surface area contributed by atoms with Crippen LogP contribution in [-0.4, -0.2) is 5.78 Å². The van der Waals surface area contributed by atoms with Crippen LogP contribution < -0.4 is 0 Å². The number of hydrogen-bond donors (Lipinski definition) is 0. The maximum absolute atomic E-state index is 11.7. The highest BCUT2D eigenvalue weighted by molar-refractivity contribution is 5.79.